The molecule has 33 heavy (non-hydrogen) atoms. The summed E-state index contributed by atoms with van der Waals surface area (Å²) in [6.45, 7) is 13.8. The van der Waals surface area contributed by atoms with Crippen LogP contribution in [0, 0.1) is 5.41 Å². The second kappa shape index (κ2) is 8.88. The fourth-order valence-electron chi connectivity index (χ4n) is 5.13. The molecule has 0 spiro atoms. The van der Waals surface area contributed by atoms with Crippen LogP contribution < -0.4 is 9.47 Å². The average molecular weight is 458 g/mol. The van der Waals surface area contributed by atoms with E-state index >= 15 is 4.39 Å². The highest BCUT2D eigenvalue weighted by Gasteiger charge is 2.50. The summed E-state index contributed by atoms with van der Waals surface area (Å²) in [6.07, 6.45) is 2.50. The van der Waals surface area contributed by atoms with Crippen molar-refractivity contribution in [3.05, 3.63) is 65.3 Å². The summed E-state index contributed by atoms with van der Waals surface area (Å²) < 4.78 is 38.6. The van der Waals surface area contributed by atoms with E-state index in [4.69, 9.17) is 18.9 Å². The Hall–Kier alpha value is -2.77. The van der Waals surface area contributed by atoms with E-state index in [9.17, 15) is 5.11 Å². The van der Waals surface area contributed by atoms with Gasteiger partial charge in [-0.15, -0.1) is 0 Å². The van der Waals surface area contributed by atoms with Crippen LogP contribution in [0.15, 0.2) is 54.2 Å². The molecule has 3 aliphatic rings. The maximum absolute atomic E-state index is 15.9. The Morgan fingerprint density at radius 2 is 2.03 bits per heavy atom. The number of aliphatic hydroxyl groups excluding tert-OH is 1. The minimum atomic E-state index is -0.486. The summed E-state index contributed by atoms with van der Waals surface area (Å²) >= 11 is 0. The number of allylic oxidation sites excluding steroid dienone is 2. The molecule has 1 fully saturated rings. The van der Waals surface area contributed by atoms with E-state index in [-0.39, 0.29) is 28.7 Å². The van der Waals surface area contributed by atoms with Gasteiger partial charge in [-0.2, -0.15) is 0 Å². The molecule has 3 heterocycles. The number of rotatable bonds is 7. The minimum Gasteiger partial charge on any atom is -0.508 e. The second-order valence-electron chi connectivity index (χ2n) is 9.38. The van der Waals surface area contributed by atoms with Crippen LogP contribution in [0.2, 0.25) is 0 Å². The third-order valence-corrected chi connectivity index (χ3v) is 6.63. The van der Waals surface area contributed by atoms with E-state index in [0.717, 1.165) is 12.0 Å². The molecule has 178 valence electrons. The van der Waals surface area contributed by atoms with Gasteiger partial charge >= 0.3 is 0 Å². The third-order valence-electron chi connectivity index (χ3n) is 6.63. The van der Waals surface area contributed by atoms with Gasteiger partial charge in [-0.05, 0) is 17.7 Å². The minimum absolute atomic E-state index is 0.0386. The second-order valence-corrected chi connectivity index (χ2v) is 9.38. The monoisotopic (exact) mass is 457 g/mol. The van der Waals surface area contributed by atoms with E-state index in [1.54, 1.807) is 20.4 Å². The lowest BCUT2D eigenvalue weighted by Gasteiger charge is -2.54. The van der Waals surface area contributed by atoms with Crippen LogP contribution >= 0.6 is 0 Å². The SMILES string of the molecule is C=C(O)C1=CN2C(=C(F)C1=C)c1cc(OC)c(OCCCOC)cc1[C@H]1COCC(C)(C)[C@H]12. The molecule has 0 unspecified atom stereocenters. The third kappa shape index (κ3) is 3.93. The molecule has 0 saturated carbocycles. The first-order chi connectivity index (χ1) is 15.7. The molecule has 0 bridgehead atoms. The largest absolute Gasteiger partial charge is 0.508 e. The highest BCUT2D eigenvalue weighted by molar-refractivity contribution is 5.81. The zero-order valence-electron chi connectivity index (χ0n) is 19.7. The van der Waals surface area contributed by atoms with Crippen molar-refractivity contribution in [2.24, 2.45) is 5.41 Å². The van der Waals surface area contributed by atoms with E-state index in [1.165, 1.54) is 0 Å². The van der Waals surface area contributed by atoms with E-state index < -0.39 is 5.83 Å². The number of aliphatic hydroxyl groups is 1. The first-order valence-electron chi connectivity index (χ1n) is 11.1. The summed E-state index contributed by atoms with van der Waals surface area (Å²) in [7, 11) is 3.22. The first kappa shape index (κ1) is 23.4. The van der Waals surface area contributed by atoms with Gasteiger partial charge in [0, 0.05) is 54.4 Å². The van der Waals surface area contributed by atoms with Crippen LogP contribution in [0.5, 0.6) is 11.5 Å². The first-order valence-corrected chi connectivity index (χ1v) is 11.1. The lowest BCUT2D eigenvalue weighted by Crippen LogP contribution is -2.55. The predicted octanol–water partition coefficient (Wildman–Crippen LogP) is 5.10. The summed E-state index contributed by atoms with van der Waals surface area (Å²) in [4.78, 5) is 1.93. The number of hydrogen-bond donors (Lipinski definition) is 1. The fraction of sp³-hybridized carbons (Fsp3) is 0.462. The molecule has 1 N–H and O–H groups in total. The maximum atomic E-state index is 15.9. The molecule has 0 radical (unpaired) electrons. The Morgan fingerprint density at radius 1 is 1.27 bits per heavy atom. The lowest BCUT2D eigenvalue weighted by molar-refractivity contribution is -0.0511. The Bertz CT molecular complexity index is 1040. The molecule has 0 amide bonds. The summed E-state index contributed by atoms with van der Waals surface area (Å²) in [5.74, 6) is 0.397. The van der Waals surface area contributed by atoms with Crippen LogP contribution in [0.25, 0.3) is 5.70 Å². The van der Waals surface area contributed by atoms with E-state index in [1.807, 2.05) is 17.0 Å². The standard InChI is InChI=1S/C26H32FNO5/c1-15-19(16(2)29)12-28-24(23(15)27)18-11-21(31-6)22(33-9-7-8-30-5)10-17(18)20-13-32-14-26(3,4)25(20)28/h10-12,20,25,29H,1-2,7-9,13-14H2,3-6H3/t20-,25+/m1/s1. The summed E-state index contributed by atoms with van der Waals surface area (Å²) in [5.41, 5.74) is 2.19. The van der Waals surface area contributed by atoms with Gasteiger partial charge in [0.2, 0.25) is 0 Å². The maximum Gasteiger partial charge on any atom is 0.161 e. The molecule has 1 aromatic rings. The van der Waals surface area contributed by atoms with Gasteiger partial charge in [-0.25, -0.2) is 4.39 Å². The molecular formula is C26H32FNO5. The smallest absolute Gasteiger partial charge is 0.161 e. The normalized spacial score (nSPS) is 23.4. The number of fused-ring (bicyclic) bond motifs is 6. The van der Waals surface area contributed by atoms with Crippen LogP contribution in [0.3, 0.4) is 0 Å². The Labute approximate surface area is 194 Å². The molecule has 6 nitrogen and oxygen atoms in total. The van der Waals surface area contributed by atoms with Crippen LogP contribution in [-0.4, -0.2) is 56.7 Å². The fourth-order valence-corrected chi connectivity index (χ4v) is 5.13. The lowest BCUT2D eigenvalue weighted by atomic mass is 9.68. The average Bonchev–Trinajstić information content (AvgIpc) is 2.77. The topological polar surface area (TPSA) is 60.4 Å². The van der Waals surface area contributed by atoms with Gasteiger partial charge in [0.1, 0.15) is 5.76 Å². The number of benzene rings is 1. The van der Waals surface area contributed by atoms with E-state index in [0.29, 0.717) is 54.8 Å². The van der Waals surface area contributed by atoms with Crippen molar-refractivity contribution < 1.29 is 28.4 Å². The van der Waals surface area contributed by atoms with E-state index in [2.05, 4.69) is 27.0 Å². The van der Waals surface area contributed by atoms with Crippen molar-refractivity contribution >= 4 is 5.70 Å². The summed E-state index contributed by atoms with van der Waals surface area (Å²) in [5, 5.41) is 10.1. The Balaban J connectivity index is 1.89. The molecule has 3 aliphatic heterocycles. The molecule has 2 atom stereocenters. The number of halogens is 1. The highest BCUT2D eigenvalue weighted by Crippen LogP contribution is 2.54. The van der Waals surface area contributed by atoms with Gasteiger partial charge in [0.25, 0.3) is 0 Å². The predicted molar refractivity (Wildman–Crippen MR) is 125 cm³/mol. The van der Waals surface area contributed by atoms with Gasteiger partial charge in [-0.3, -0.25) is 0 Å². The van der Waals surface area contributed by atoms with Crippen molar-refractivity contribution in [1.82, 2.24) is 4.90 Å². The molecule has 1 aromatic carbocycles. The van der Waals surface area contributed by atoms with Crippen LogP contribution in [0.1, 0.15) is 37.3 Å². The molecule has 7 heteroatoms. The molecular weight excluding hydrogens is 425 g/mol. The highest BCUT2D eigenvalue weighted by atomic mass is 19.1. The zero-order chi connectivity index (χ0) is 23.9. The van der Waals surface area contributed by atoms with Crippen LogP contribution in [0.4, 0.5) is 4.39 Å². The van der Waals surface area contributed by atoms with Gasteiger partial charge < -0.3 is 29.0 Å². The Morgan fingerprint density at radius 3 is 2.70 bits per heavy atom. The molecule has 0 aliphatic carbocycles. The van der Waals surface area contributed by atoms with Crippen molar-refractivity contribution in [3.8, 4) is 11.5 Å². The number of methoxy groups -OCH3 is 2. The van der Waals surface area contributed by atoms with Crippen molar-refractivity contribution in [2.45, 2.75) is 32.2 Å². The number of nitrogens with zero attached hydrogens (tertiary/aromatic N) is 1. The molecule has 0 aromatic heterocycles. The molecule has 1 saturated heterocycles. The van der Waals surface area contributed by atoms with Crippen molar-refractivity contribution in [2.75, 3.05) is 40.6 Å². The van der Waals surface area contributed by atoms with Gasteiger partial charge in [-0.1, -0.05) is 27.0 Å². The zero-order valence-corrected chi connectivity index (χ0v) is 19.7. The molecule has 4 rings (SSSR count). The Kier molecular flexibility index (Phi) is 6.29. The van der Waals surface area contributed by atoms with Crippen LogP contribution in [-0.2, 0) is 9.47 Å². The van der Waals surface area contributed by atoms with Gasteiger partial charge in [0.15, 0.2) is 17.3 Å². The summed E-state index contributed by atoms with van der Waals surface area (Å²) in [6, 6.07) is 3.67. The van der Waals surface area contributed by atoms with Crippen molar-refractivity contribution in [1.29, 1.82) is 0 Å². The quantitative estimate of drug-likeness (QED) is 0.454. The number of ether oxygens (including phenoxy) is 4. The van der Waals surface area contributed by atoms with Crippen molar-refractivity contribution in [3.63, 3.8) is 0 Å². The number of hydrogen-bond acceptors (Lipinski definition) is 6. The van der Waals surface area contributed by atoms with Gasteiger partial charge in [0.05, 0.1) is 38.7 Å².